The van der Waals surface area contributed by atoms with Crippen LogP contribution in [0.2, 0.25) is 0 Å². The van der Waals surface area contributed by atoms with E-state index in [9.17, 15) is 19.2 Å². The molecule has 3 aromatic carbocycles. The molecule has 2 aromatic heterocycles. The predicted molar refractivity (Wildman–Crippen MR) is 226 cm³/mol. The Morgan fingerprint density at radius 2 is 1.14 bits per heavy atom. The summed E-state index contributed by atoms with van der Waals surface area (Å²) in [5.41, 5.74) is 7.41. The van der Waals surface area contributed by atoms with Crippen LogP contribution in [0.15, 0.2) is 60.7 Å². The van der Waals surface area contributed by atoms with Crippen LogP contribution in [0.4, 0.5) is 9.59 Å². The number of nitrogens with one attached hydrogen (secondary N) is 4. The quantitative estimate of drug-likeness (QED) is 0.111. The summed E-state index contributed by atoms with van der Waals surface area (Å²) in [6, 6.07) is 18.8. The van der Waals surface area contributed by atoms with E-state index in [-0.39, 0.29) is 47.1 Å². The number of aromatic amines is 2. The van der Waals surface area contributed by atoms with Crippen LogP contribution >= 0.6 is 0 Å². The number of ether oxygens (including phenoxy) is 2. The highest BCUT2D eigenvalue weighted by Gasteiger charge is 2.45. The Morgan fingerprint density at radius 3 is 1.59 bits per heavy atom. The van der Waals surface area contributed by atoms with E-state index >= 15 is 0 Å². The van der Waals surface area contributed by atoms with Gasteiger partial charge in [-0.25, -0.2) is 19.6 Å². The summed E-state index contributed by atoms with van der Waals surface area (Å²) in [5, 5.41) is 5.46. The van der Waals surface area contributed by atoms with Crippen LogP contribution in [0, 0.1) is 23.2 Å². The van der Waals surface area contributed by atoms with E-state index in [0.717, 1.165) is 68.8 Å². The predicted octanol–water partition coefficient (Wildman–Crippen LogP) is 7.74. The Bertz CT molecular complexity index is 2360. The first-order valence-corrected chi connectivity index (χ1v) is 20.5. The van der Waals surface area contributed by atoms with E-state index < -0.39 is 24.3 Å². The lowest BCUT2D eigenvalue weighted by Gasteiger charge is -2.30. The van der Waals surface area contributed by atoms with Crippen LogP contribution < -0.4 is 10.6 Å². The molecule has 4 heterocycles. The monoisotopic (exact) mass is 804 g/mol. The second-order valence-corrected chi connectivity index (χ2v) is 17.7. The first kappa shape index (κ1) is 41.2. The van der Waals surface area contributed by atoms with Crippen molar-refractivity contribution < 1.29 is 28.7 Å². The minimum atomic E-state index is -0.720. The van der Waals surface area contributed by atoms with Crippen LogP contribution in [0.25, 0.3) is 44.3 Å². The van der Waals surface area contributed by atoms with E-state index in [1.165, 1.54) is 14.2 Å². The fourth-order valence-corrected chi connectivity index (χ4v) is 8.64. The molecule has 14 heteroatoms. The van der Waals surface area contributed by atoms with Crippen LogP contribution in [-0.2, 0) is 19.1 Å². The highest BCUT2D eigenvalue weighted by Crippen LogP contribution is 2.43. The van der Waals surface area contributed by atoms with Crippen LogP contribution in [0.5, 0.6) is 0 Å². The molecule has 7 rings (SSSR count). The number of carbonyl (C=O) groups is 4. The molecule has 4 amide bonds. The number of imidazole rings is 2. The van der Waals surface area contributed by atoms with E-state index in [2.05, 4.69) is 89.9 Å². The normalized spacial score (nSPS) is 20.0. The molecule has 0 aliphatic carbocycles. The zero-order valence-corrected chi connectivity index (χ0v) is 35.4. The molecule has 0 bridgehead atoms. The summed E-state index contributed by atoms with van der Waals surface area (Å²) in [5.74, 6) is 1.19. The summed E-state index contributed by atoms with van der Waals surface area (Å²) in [7, 11) is 2.59. The van der Waals surface area contributed by atoms with Gasteiger partial charge in [0.05, 0.1) is 48.4 Å². The maximum absolute atomic E-state index is 13.9. The van der Waals surface area contributed by atoms with Gasteiger partial charge in [-0.15, -0.1) is 0 Å². The third-order valence-corrected chi connectivity index (χ3v) is 11.8. The molecule has 5 atom stereocenters. The molecule has 59 heavy (non-hydrogen) atoms. The van der Waals surface area contributed by atoms with Crippen molar-refractivity contribution in [2.24, 2.45) is 23.2 Å². The van der Waals surface area contributed by atoms with Crippen LogP contribution in [-0.4, -0.2) is 93.1 Å². The molecule has 0 spiro atoms. The van der Waals surface area contributed by atoms with E-state index in [4.69, 9.17) is 19.4 Å². The minimum Gasteiger partial charge on any atom is -0.453 e. The number of nitrogens with zero attached hydrogens (tertiary/aromatic N) is 4. The van der Waals surface area contributed by atoms with Crippen LogP contribution in [0.3, 0.4) is 0 Å². The molecule has 2 saturated heterocycles. The lowest BCUT2D eigenvalue weighted by Crippen LogP contribution is -2.51. The Kier molecular flexibility index (Phi) is 11.5. The van der Waals surface area contributed by atoms with Crippen molar-refractivity contribution in [2.45, 2.75) is 85.5 Å². The number of hydrogen-bond donors (Lipinski definition) is 4. The molecule has 0 unspecified atom stereocenters. The highest BCUT2D eigenvalue weighted by atomic mass is 16.5. The maximum Gasteiger partial charge on any atom is 0.407 e. The minimum absolute atomic E-state index is 0.119. The number of rotatable bonds is 10. The molecule has 4 N–H and O–H groups in total. The molecule has 14 nitrogen and oxygen atoms in total. The smallest absolute Gasteiger partial charge is 0.407 e. The number of aromatic nitrogens is 4. The number of amides is 4. The number of fused-ring (bicyclic) bond motifs is 2. The second kappa shape index (κ2) is 16.4. The molecular formula is C45H56N8O6. The number of H-pyrrole nitrogens is 2. The van der Waals surface area contributed by atoms with E-state index in [0.29, 0.717) is 13.1 Å². The van der Waals surface area contributed by atoms with Gasteiger partial charge < -0.3 is 39.9 Å². The van der Waals surface area contributed by atoms with Gasteiger partial charge in [-0.1, -0.05) is 84.9 Å². The van der Waals surface area contributed by atoms with Gasteiger partial charge in [0, 0.05) is 13.1 Å². The first-order valence-electron chi connectivity index (χ1n) is 20.5. The Balaban J connectivity index is 1.09. The van der Waals surface area contributed by atoms with E-state index in [1.54, 1.807) is 0 Å². The van der Waals surface area contributed by atoms with E-state index in [1.807, 2.05) is 49.6 Å². The fourth-order valence-electron chi connectivity index (χ4n) is 8.64. The van der Waals surface area contributed by atoms with Crippen molar-refractivity contribution in [3.05, 3.63) is 72.3 Å². The zero-order chi connectivity index (χ0) is 42.3. The SMILES string of the molecule is COC(=O)N[C@H](C(=O)N1C[C@@H](C)C[C@H]1c1nc2ccc(-c3ccc(-c4ccc5nc([C@@H]6CC(C)(C)CN6C(=O)[C@@H](NC(=O)OC)C(C)C)[nH]c5c4)cc3)cc2[nH]1)C(C)C. The fraction of sp³-hybridized carbons (Fsp3) is 0.467. The summed E-state index contributed by atoms with van der Waals surface area (Å²) >= 11 is 0. The van der Waals surface area contributed by atoms with Gasteiger partial charge in [-0.3, -0.25) is 9.59 Å². The van der Waals surface area contributed by atoms with Crippen molar-refractivity contribution in [2.75, 3.05) is 27.3 Å². The van der Waals surface area contributed by atoms with Gasteiger partial charge in [0.15, 0.2) is 0 Å². The second-order valence-electron chi connectivity index (χ2n) is 17.7. The number of methoxy groups -OCH3 is 2. The van der Waals surface area contributed by atoms with Gasteiger partial charge in [0.25, 0.3) is 0 Å². The Labute approximate surface area is 344 Å². The van der Waals surface area contributed by atoms with Gasteiger partial charge in [-0.2, -0.15) is 0 Å². The maximum atomic E-state index is 13.9. The summed E-state index contributed by atoms with van der Waals surface area (Å²) in [6.07, 6.45) is 0.238. The first-order chi connectivity index (χ1) is 28.0. The molecule has 5 aromatic rings. The topological polar surface area (TPSA) is 175 Å². The van der Waals surface area contributed by atoms with Crippen molar-refractivity contribution in [3.63, 3.8) is 0 Å². The number of benzene rings is 3. The molecular weight excluding hydrogens is 749 g/mol. The lowest BCUT2D eigenvalue weighted by molar-refractivity contribution is -0.136. The molecule has 2 fully saturated rings. The van der Waals surface area contributed by atoms with Gasteiger partial charge in [0.1, 0.15) is 23.7 Å². The number of likely N-dealkylation sites (tertiary alicyclic amines) is 2. The summed E-state index contributed by atoms with van der Waals surface area (Å²) in [4.78, 5) is 72.5. The van der Waals surface area contributed by atoms with Gasteiger partial charge >= 0.3 is 12.2 Å². The van der Waals surface area contributed by atoms with Crippen molar-refractivity contribution >= 4 is 46.1 Å². The summed E-state index contributed by atoms with van der Waals surface area (Å²) in [6.45, 7) is 15.2. The summed E-state index contributed by atoms with van der Waals surface area (Å²) < 4.78 is 9.61. The molecule has 312 valence electrons. The van der Waals surface area contributed by atoms with Crippen LogP contribution in [0.1, 0.15) is 85.0 Å². The van der Waals surface area contributed by atoms with Crippen molar-refractivity contribution in [1.82, 2.24) is 40.4 Å². The number of carbonyl (C=O) groups excluding carboxylic acids is 4. The third-order valence-electron chi connectivity index (χ3n) is 11.8. The molecule has 0 radical (unpaired) electrons. The zero-order valence-electron chi connectivity index (χ0n) is 35.4. The average molecular weight is 805 g/mol. The number of hydrogen-bond acceptors (Lipinski definition) is 8. The van der Waals surface area contributed by atoms with Gasteiger partial charge in [0.2, 0.25) is 11.8 Å². The average Bonchev–Trinajstić information content (AvgIpc) is 4.00. The van der Waals surface area contributed by atoms with Gasteiger partial charge in [-0.05, 0) is 82.5 Å². The Hall–Kier alpha value is -5.92. The molecule has 0 saturated carbocycles. The molecule has 2 aliphatic heterocycles. The highest BCUT2D eigenvalue weighted by molar-refractivity contribution is 5.88. The number of alkyl carbamates (subject to hydrolysis) is 2. The standard InChI is InChI=1S/C45H56N8O6/c1-24(2)37(50-43(56)58-8)41(54)52-22-26(5)18-35(52)39-46-31-16-14-29(19-33(31)48-39)27-10-12-28(13-11-27)30-15-17-32-34(20-30)49-40(47-32)36-21-45(6,7)23-53(36)42(55)38(25(3)4)51-44(57)59-9/h10-17,19-20,24-26,35-38H,18,21-23H2,1-9H3,(H,46,48)(H,47,49)(H,50,56)(H,51,57)/t26-,35-,36-,37-,38-/m0/s1. The molecule has 2 aliphatic rings. The third kappa shape index (κ3) is 8.48. The largest absolute Gasteiger partial charge is 0.453 e. The Morgan fingerprint density at radius 1 is 0.695 bits per heavy atom. The lowest BCUT2D eigenvalue weighted by atomic mass is 9.90. The van der Waals surface area contributed by atoms with Crippen molar-refractivity contribution in [3.8, 4) is 22.3 Å². The van der Waals surface area contributed by atoms with Crippen molar-refractivity contribution in [1.29, 1.82) is 0 Å².